The molecule has 0 aliphatic carbocycles. The van der Waals surface area contributed by atoms with Crippen molar-refractivity contribution in [2.45, 2.75) is 53.2 Å². The van der Waals surface area contributed by atoms with E-state index >= 15 is 0 Å². The molecule has 0 aliphatic rings. The number of ether oxygens (including phenoxy) is 1. The maximum Gasteiger partial charge on any atom is 0.261 e. The second-order valence-corrected chi connectivity index (χ2v) is 8.96. The number of benzene rings is 2. The Morgan fingerprint density at radius 3 is 2.16 bits per heavy atom. The largest absolute Gasteiger partial charge is 0.484 e. The van der Waals surface area contributed by atoms with Crippen LogP contribution in [0.1, 0.15) is 37.5 Å². The van der Waals surface area contributed by atoms with Gasteiger partial charge < -0.3 is 15.0 Å². The highest BCUT2D eigenvalue weighted by Gasteiger charge is 2.27. The molecule has 0 fully saturated rings. The fourth-order valence-corrected chi connectivity index (χ4v) is 3.47. The highest BCUT2D eigenvalue weighted by Crippen LogP contribution is 2.26. The predicted molar refractivity (Wildman–Crippen MR) is 126 cm³/mol. The van der Waals surface area contributed by atoms with Gasteiger partial charge in [-0.15, -0.1) is 0 Å². The van der Waals surface area contributed by atoms with E-state index in [0.717, 1.165) is 16.7 Å². The fraction of sp³-hybridized carbons (Fsp3) is 0.391. The van der Waals surface area contributed by atoms with Gasteiger partial charge in [-0.05, 0) is 75.6 Å². The van der Waals surface area contributed by atoms with Gasteiger partial charge >= 0.3 is 0 Å². The van der Waals surface area contributed by atoms with E-state index in [2.05, 4.69) is 5.32 Å². The number of carbonyl (C=O) groups is 2. The first kappa shape index (κ1) is 25.3. The van der Waals surface area contributed by atoms with Gasteiger partial charge in [-0.2, -0.15) is 0 Å². The smallest absolute Gasteiger partial charge is 0.261 e. The van der Waals surface area contributed by atoms with Gasteiger partial charge in [0.1, 0.15) is 11.8 Å². The standard InChI is InChI=1S/C23H27Cl3N2O3/c1-13(2)27-23(30)16(5)28(11-17-6-7-19(24)20(25)10-17)21(29)12-31-18-8-14(3)22(26)15(4)9-18/h6-10,13,16H,11-12H2,1-5H3,(H,27,30). The van der Waals surface area contributed by atoms with Gasteiger partial charge in [-0.3, -0.25) is 9.59 Å². The summed E-state index contributed by atoms with van der Waals surface area (Å²) < 4.78 is 5.73. The molecule has 8 heteroatoms. The zero-order chi connectivity index (χ0) is 23.3. The summed E-state index contributed by atoms with van der Waals surface area (Å²) in [7, 11) is 0. The molecule has 2 rings (SSSR count). The van der Waals surface area contributed by atoms with Crippen molar-refractivity contribution in [2.24, 2.45) is 0 Å². The van der Waals surface area contributed by atoms with Crippen LogP contribution in [0.5, 0.6) is 5.75 Å². The Morgan fingerprint density at radius 1 is 1.00 bits per heavy atom. The molecule has 2 amide bonds. The number of rotatable bonds is 8. The van der Waals surface area contributed by atoms with Gasteiger partial charge in [0.25, 0.3) is 5.91 Å². The lowest BCUT2D eigenvalue weighted by Gasteiger charge is -2.29. The molecule has 0 aromatic heterocycles. The van der Waals surface area contributed by atoms with E-state index in [0.29, 0.717) is 20.8 Å². The molecule has 0 spiro atoms. The Balaban J connectivity index is 2.22. The minimum Gasteiger partial charge on any atom is -0.484 e. The van der Waals surface area contributed by atoms with E-state index in [1.54, 1.807) is 37.3 Å². The van der Waals surface area contributed by atoms with Crippen LogP contribution in [0.2, 0.25) is 15.1 Å². The Hall–Kier alpha value is -1.95. The lowest BCUT2D eigenvalue weighted by Crippen LogP contribution is -2.50. The van der Waals surface area contributed by atoms with Gasteiger partial charge in [0.2, 0.25) is 5.91 Å². The molecule has 168 valence electrons. The number of halogens is 3. The molecule has 0 aliphatic heterocycles. The highest BCUT2D eigenvalue weighted by molar-refractivity contribution is 6.42. The third-order valence-electron chi connectivity index (χ3n) is 4.71. The number of hydrogen-bond donors (Lipinski definition) is 1. The number of nitrogens with one attached hydrogen (secondary N) is 1. The number of amides is 2. The van der Waals surface area contributed by atoms with Crippen molar-refractivity contribution in [3.05, 3.63) is 62.1 Å². The van der Waals surface area contributed by atoms with Crippen LogP contribution in [-0.4, -0.2) is 35.4 Å². The molecule has 0 saturated heterocycles. The third kappa shape index (κ3) is 7.03. The Kier molecular flexibility index (Phi) is 9.04. The van der Waals surface area contributed by atoms with E-state index in [1.165, 1.54) is 4.90 Å². The van der Waals surface area contributed by atoms with E-state index in [4.69, 9.17) is 39.5 Å². The minimum atomic E-state index is -0.707. The van der Waals surface area contributed by atoms with Gasteiger partial charge in [-0.25, -0.2) is 0 Å². The summed E-state index contributed by atoms with van der Waals surface area (Å²) in [5.41, 5.74) is 2.48. The average molecular weight is 486 g/mol. The lowest BCUT2D eigenvalue weighted by atomic mass is 10.1. The zero-order valence-electron chi connectivity index (χ0n) is 18.3. The Bertz CT molecular complexity index is 940. The molecule has 1 N–H and O–H groups in total. The fourth-order valence-electron chi connectivity index (χ4n) is 3.04. The van der Waals surface area contributed by atoms with E-state index in [-0.39, 0.29) is 31.0 Å². The molecule has 0 radical (unpaired) electrons. The van der Waals surface area contributed by atoms with Crippen molar-refractivity contribution >= 4 is 46.6 Å². The second-order valence-electron chi connectivity index (χ2n) is 7.77. The molecule has 2 aromatic rings. The quantitative estimate of drug-likeness (QED) is 0.531. The first-order valence-electron chi connectivity index (χ1n) is 9.93. The van der Waals surface area contributed by atoms with Crippen molar-refractivity contribution in [1.82, 2.24) is 10.2 Å². The summed E-state index contributed by atoms with van der Waals surface area (Å²) in [6.45, 7) is 9.13. The first-order valence-corrected chi connectivity index (χ1v) is 11.1. The third-order valence-corrected chi connectivity index (χ3v) is 6.04. The predicted octanol–water partition coefficient (Wildman–Crippen LogP) is 5.58. The molecule has 1 atom stereocenters. The van der Waals surface area contributed by atoms with Crippen molar-refractivity contribution in [2.75, 3.05) is 6.61 Å². The summed E-state index contributed by atoms with van der Waals surface area (Å²) >= 11 is 18.3. The molecule has 2 aromatic carbocycles. The van der Waals surface area contributed by atoms with Crippen molar-refractivity contribution in [1.29, 1.82) is 0 Å². The SMILES string of the molecule is Cc1cc(OCC(=O)N(Cc2ccc(Cl)c(Cl)c2)C(C)C(=O)NC(C)C)cc(C)c1Cl. The molecule has 1 unspecified atom stereocenters. The molecule has 31 heavy (non-hydrogen) atoms. The molecule has 0 saturated carbocycles. The van der Waals surface area contributed by atoms with Crippen molar-refractivity contribution in [3.63, 3.8) is 0 Å². The van der Waals surface area contributed by atoms with Gasteiger partial charge in [0.05, 0.1) is 10.0 Å². The van der Waals surface area contributed by atoms with Crippen LogP contribution in [0.4, 0.5) is 0 Å². The molecular formula is C23H27Cl3N2O3. The Labute approximate surface area is 198 Å². The monoisotopic (exact) mass is 484 g/mol. The van der Waals surface area contributed by atoms with Crippen LogP contribution < -0.4 is 10.1 Å². The van der Waals surface area contributed by atoms with Crippen molar-refractivity contribution < 1.29 is 14.3 Å². The van der Waals surface area contributed by atoms with Crippen molar-refractivity contribution in [3.8, 4) is 5.75 Å². The second kappa shape index (κ2) is 11.1. The lowest BCUT2D eigenvalue weighted by molar-refractivity contribution is -0.142. The molecule has 0 heterocycles. The molecule has 5 nitrogen and oxygen atoms in total. The van der Waals surface area contributed by atoms with Crippen LogP contribution in [0.3, 0.4) is 0 Å². The first-order chi connectivity index (χ1) is 14.5. The topological polar surface area (TPSA) is 58.6 Å². The normalized spacial score (nSPS) is 11.9. The number of nitrogens with zero attached hydrogens (tertiary/aromatic N) is 1. The molecular weight excluding hydrogens is 459 g/mol. The minimum absolute atomic E-state index is 0.0480. The van der Waals surface area contributed by atoms with Crippen LogP contribution in [0, 0.1) is 13.8 Å². The van der Waals surface area contributed by atoms with Crippen LogP contribution in [0.15, 0.2) is 30.3 Å². The number of aryl methyl sites for hydroxylation is 2. The van der Waals surface area contributed by atoms with Crippen LogP contribution >= 0.6 is 34.8 Å². The van der Waals surface area contributed by atoms with Crippen LogP contribution in [0.25, 0.3) is 0 Å². The summed E-state index contributed by atoms with van der Waals surface area (Å²) in [6, 6.07) is 7.92. The summed E-state index contributed by atoms with van der Waals surface area (Å²) in [6.07, 6.45) is 0. The molecule has 0 bridgehead atoms. The van der Waals surface area contributed by atoms with Gasteiger partial charge in [0, 0.05) is 17.6 Å². The average Bonchev–Trinajstić information content (AvgIpc) is 2.69. The van der Waals surface area contributed by atoms with Crippen LogP contribution in [-0.2, 0) is 16.1 Å². The van der Waals surface area contributed by atoms with Gasteiger partial charge in [0.15, 0.2) is 6.61 Å². The maximum absolute atomic E-state index is 13.1. The van der Waals surface area contributed by atoms with E-state index in [9.17, 15) is 9.59 Å². The Morgan fingerprint density at radius 2 is 1.61 bits per heavy atom. The summed E-state index contributed by atoms with van der Waals surface area (Å²) in [4.78, 5) is 27.1. The number of carbonyl (C=O) groups excluding carboxylic acids is 2. The summed E-state index contributed by atoms with van der Waals surface area (Å²) in [5.74, 6) is -0.0363. The maximum atomic E-state index is 13.1. The number of hydrogen-bond acceptors (Lipinski definition) is 3. The van der Waals surface area contributed by atoms with E-state index < -0.39 is 6.04 Å². The van der Waals surface area contributed by atoms with E-state index in [1.807, 2.05) is 27.7 Å². The highest BCUT2D eigenvalue weighted by atomic mass is 35.5. The zero-order valence-corrected chi connectivity index (χ0v) is 20.5. The van der Waals surface area contributed by atoms with Gasteiger partial charge in [-0.1, -0.05) is 40.9 Å². The summed E-state index contributed by atoms with van der Waals surface area (Å²) in [5, 5.41) is 4.31.